The Hall–Kier alpha value is -0.750. The largest absolute Gasteiger partial charge is 0.271 e. The molecule has 1 aromatic heterocycles. The van der Waals surface area contributed by atoms with Crippen molar-refractivity contribution in [2.75, 3.05) is 0 Å². The lowest BCUT2D eigenvalue weighted by molar-refractivity contribution is 0.550. The summed E-state index contributed by atoms with van der Waals surface area (Å²) < 4.78 is 1.08. The monoisotopic (exact) mass is 339 g/mol. The molecule has 0 spiro atoms. The Balaban J connectivity index is 2.24. The molecule has 1 atom stereocenters. The number of nitrogens with two attached hydrogens (primary N) is 1. The maximum absolute atomic E-state index is 5.71. The molecule has 2 rings (SSSR count). The van der Waals surface area contributed by atoms with E-state index in [1.165, 1.54) is 16.0 Å². The van der Waals surface area contributed by atoms with E-state index in [-0.39, 0.29) is 6.04 Å². The van der Waals surface area contributed by atoms with E-state index in [0.717, 1.165) is 21.6 Å². The lowest BCUT2D eigenvalue weighted by Gasteiger charge is -2.16. The molecule has 2 aromatic rings. The van der Waals surface area contributed by atoms with Crippen LogP contribution < -0.4 is 11.3 Å². The smallest absolute Gasteiger partial charge is 0.0950 e. The molecule has 0 saturated carbocycles. The van der Waals surface area contributed by atoms with Crippen molar-refractivity contribution in [2.24, 2.45) is 5.84 Å². The maximum atomic E-state index is 5.71. The molecule has 0 aliphatic heterocycles. The molecule has 3 N–H and O–H groups in total. The van der Waals surface area contributed by atoms with Crippen LogP contribution in [-0.4, -0.2) is 4.98 Å². The van der Waals surface area contributed by atoms with Gasteiger partial charge in [0.25, 0.3) is 0 Å². The van der Waals surface area contributed by atoms with Gasteiger partial charge in [-0.05, 0) is 44.0 Å². The molecule has 3 nitrogen and oxygen atoms in total. The van der Waals surface area contributed by atoms with Crippen LogP contribution >= 0.6 is 27.3 Å². The van der Waals surface area contributed by atoms with E-state index in [4.69, 9.17) is 5.84 Å². The summed E-state index contributed by atoms with van der Waals surface area (Å²) in [5, 5.41) is 1.12. The number of benzene rings is 1. The van der Waals surface area contributed by atoms with Gasteiger partial charge in [0.2, 0.25) is 0 Å². The summed E-state index contributed by atoms with van der Waals surface area (Å²) in [7, 11) is 0. The molecule has 0 saturated heterocycles. The van der Waals surface area contributed by atoms with Gasteiger partial charge in [-0.3, -0.25) is 11.3 Å². The van der Waals surface area contributed by atoms with Gasteiger partial charge in [0, 0.05) is 15.8 Å². The molecule has 0 aliphatic carbocycles. The third kappa shape index (κ3) is 3.63. The highest BCUT2D eigenvalue weighted by atomic mass is 79.9. The normalized spacial score (nSPS) is 12.7. The van der Waals surface area contributed by atoms with Crippen LogP contribution in [0.15, 0.2) is 22.7 Å². The number of aromatic nitrogens is 1. The fourth-order valence-electron chi connectivity index (χ4n) is 2.04. The minimum absolute atomic E-state index is 0.0844. The number of hydrazine groups is 1. The number of halogens is 1. The summed E-state index contributed by atoms with van der Waals surface area (Å²) in [6.07, 6.45) is 0.811. The van der Waals surface area contributed by atoms with Gasteiger partial charge in [0.05, 0.1) is 16.7 Å². The van der Waals surface area contributed by atoms with Crippen LogP contribution in [0.5, 0.6) is 0 Å². The first kappa shape index (κ1) is 14.7. The average molecular weight is 340 g/mol. The van der Waals surface area contributed by atoms with Crippen LogP contribution in [0.1, 0.15) is 32.7 Å². The minimum atomic E-state index is 0.0844. The topological polar surface area (TPSA) is 50.9 Å². The van der Waals surface area contributed by atoms with Gasteiger partial charge in [0.1, 0.15) is 0 Å². The van der Waals surface area contributed by atoms with Gasteiger partial charge in [-0.15, -0.1) is 11.3 Å². The Morgan fingerprint density at radius 2 is 2.05 bits per heavy atom. The second kappa shape index (κ2) is 6.13. The van der Waals surface area contributed by atoms with E-state index in [9.17, 15) is 0 Å². The second-order valence-electron chi connectivity index (χ2n) is 4.73. The van der Waals surface area contributed by atoms with E-state index in [1.807, 2.05) is 6.92 Å². The molecule has 1 unspecified atom stereocenters. The lowest BCUT2D eigenvalue weighted by Crippen LogP contribution is -2.29. The molecular formula is C14H18BrN3S. The minimum Gasteiger partial charge on any atom is -0.271 e. The van der Waals surface area contributed by atoms with Crippen LogP contribution in [0.25, 0.3) is 0 Å². The first-order valence-corrected chi connectivity index (χ1v) is 7.76. The molecule has 0 aliphatic rings. The molecule has 0 bridgehead atoms. The number of thiazole rings is 1. The zero-order chi connectivity index (χ0) is 14.0. The third-order valence-corrected chi connectivity index (χ3v) is 4.67. The SMILES string of the molecule is Cc1cc(Br)cc(C(Cc2nc(C)c(C)s2)NN)c1. The van der Waals surface area contributed by atoms with Crippen molar-refractivity contribution in [3.63, 3.8) is 0 Å². The third-order valence-electron chi connectivity index (χ3n) is 3.12. The molecule has 1 aromatic carbocycles. The molecule has 19 heavy (non-hydrogen) atoms. The Bertz CT molecular complexity index is 540. The summed E-state index contributed by atoms with van der Waals surface area (Å²) >= 11 is 5.27. The highest BCUT2D eigenvalue weighted by Crippen LogP contribution is 2.25. The van der Waals surface area contributed by atoms with Crippen LogP contribution in [0.3, 0.4) is 0 Å². The summed E-state index contributed by atoms with van der Waals surface area (Å²) in [5.41, 5.74) is 6.41. The predicted molar refractivity (Wildman–Crippen MR) is 84.2 cm³/mol. The van der Waals surface area contributed by atoms with Crippen molar-refractivity contribution in [3.05, 3.63) is 49.4 Å². The molecule has 102 valence electrons. The standard InChI is InChI=1S/C14H18BrN3S/c1-8-4-11(6-12(15)5-8)13(18-16)7-14-17-9(2)10(3)19-14/h4-6,13,18H,7,16H2,1-3H3. The Kier molecular flexibility index (Phi) is 4.73. The summed E-state index contributed by atoms with van der Waals surface area (Å²) in [4.78, 5) is 5.85. The number of hydrogen-bond acceptors (Lipinski definition) is 4. The van der Waals surface area contributed by atoms with E-state index in [0.29, 0.717) is 0 Å². The zero-order valence-corrected chi connectivity index (χ0v) is 13.7. The van der Waals surface area contributed by atoms with Crippen molar-refractivity contribution < 1.29 is 0 Å². The number of rotatable bonds is 4. The molecule has 0 amide bonds. The van der Waals surface area contributed by atoms with Gasteiger partial charge in [-0.1, -0.05) is 22.0 Å². The number of nitrogens with zero attached hydrogens (tertiary/aromatic N) is 1. The van der Waals surface area contributed by atoms with Crippen molar-refractivity contribution in [3.8, 4) is 0 Å². The number of nitrogens with one attached hydrogen (secondary N) is 1. The Morgan fingerprint density at radius 3 is 2.58 bits per heavy atom. The van der Waals surface area contributed by atoms with Crippen molar-refractivity contribution in [1.82, 2.24) is 10.4 Å². The van der Waals surface area contributed by atoms with Crippen LogP contribution in [0, 0.1) is 20.8 Å². The molecule has 1 heterocycles. The van der Waals surface area contributed by atoms with E-state index in [2.05, 4.69) is 58.4 Å². The van der Waals surface area contributed by atoms with E-state index in [1.54, 1.807) is 11.3 Å². The Labute approximate surface area is 126 Å². The highest BCUT2D eigenvalue weighted by Gasteiger charge is 2.14. The highest BCUT2D eigenvalue weighted by molar-refractivity contribution is 9.10. The molecule has 0 fully saturated rings. The second-order valence-corrected chi connectivity index (χ2v) is 6.94. The molecular weight excluding hydrogens is 322 g/mol. The molecule has 0 radical (unpaired) electrons. The van der Waals surface area contributed by atoms with E-state index >= 15 is 0 Å². The lowest BCUT2D eigenvalue weighted by atomic mass is 10.0. The predicted octanol–water partition coefficient (Wildman–Crippen LogP) is 3.58. The van der Waals surface area contributed by atoms with Gasteiger partial charge in [-0.25, -0.2) is 4.98 Å². The summed E-state index contributed by atoms with van der Waals surface area (Å²) in [6.45, 7) is 6.23. The maximum Gasteiger partial charge on any atom is 0.0950 e. The van der Waals surface area contributed by atoms with Crippen LogP contribution in [0.2, 0.25) is 0 Å². The van der Waals surface area contributed by atoms with E-state index < -0.39 is 0 Å². The van der Waals surface area contributed by atoms with Gasteiger partial charge < -0.3 is 0 Å². The number of aryl methyl sites for hydroxylation is 3. The fourth-order valence-corrected chi connectivity index (χ4v) is 3.64. The van der Waals surface area contributed by atoms with Crippen molar-refractivity contribution >= 4 is 27.3 Å². The quantitative estimate of drug-likeness (QED) is 0.661. The van der Waals surface area contributed by atoms with Gasteiger partial charge >= 0.3 is 0 Å². The first-order chi connectivity index (χ1) is 8.99. The Morgan fingerprint density at radius 1 is 1.32 bits per heavy atom. The van der Waals surface area contributed by atoms with Gasteiger partial charge in [0.15, 0.2) is 0 Å². The van der Waals surface area contributed by atoms with Crippen molar-refractivity contribution in [1.29, 1.82) is 0 Å². The summed E-state index contributed by atoms with van der Waals surface area (Å²) in [5.74, 6) is 5.71. The molecule has 5 heteroatoms. The fraction of sp³-hybridized carbons (Fsp3) is 0.357. The average Bonchev–Trinajstić information content (AvgIpc) is 2.64. The summed E-state index contributed by atoms with van der Waals surface area (Å²) in [6, 6.07) is 6.43. The van der Waals surface area contributed by atoms with Crippen molar-refractivity contribution in [2.45, 2.75) is 33.2 Å². The van der Waals surface area contributed by atoms with Crippen LogP contribution in [0.4, 0.5) is 0 Å². The first-order valence-electron chi connectivity index (χ1n) is 6.15. The zero-order valence-electron chi connectivity index (χ0n) is 11.3. The number of hydrogen-bond donors (Lipinski definition) is 2. The van der Waals surface area contributed by atoms with Gasteiger partial charge in [-0.2, -0.15) is 0 Å². The van der Waals surface area contributed by atoms with Crippen LogP contribution in [-0.2, 0) is 6.42 Å².